The predicted molar refractivity (Wildman–Crippen MR) is 169 cm³/mol. The van der Waals surface area contributed by atoms with Crippen molar-refractivity contribution in [2.24, 2.45) is 5.92 Å². The van der Waals surface area contributed by atoms with Crippen LogP contribution >= 0.6 is 11.6 Å². The van der Waals surface area contributed by atoms with Gasteiger partial charge in [0.15, 0.2) is 17.0 Å². The van der Waals surface area contributed by atoms with E-state index in [-0.39, 0.29) is 23.8 Å². The van der Waals surface area contributed by atoms with Crippen LogP contribution in [-0.2, 0) is 17.9 Å². The van der Waals surface area contributed by atoms with Crippen molar-refractivity contribution in [3.05, 3.63) is 76.8 Å². The summed E-state index contributed by atoms with van der Waals surface area (Å²) in [5.74, 6) is 1.88. The quantitative estimate of drug-likeness (QED) is 0.230. The number of benzene rings is 2. The maximum atomic E-state index is 13.5. The molecule has 0 bridgehead atoms. The average molecular weight is 604 g/mol. The fourth-order valence-electron chi connectivity index (χ4n) is 6.42. The molecule has 226 valence electrons. The molecule has 0 spiro atoms. The largest absolute Gasteiger partial charge is 0.364 e. The minimum atomic E-state index is -0.270. The highest BCUT2D eigenvalue weighted by molar-refractivity contribution is 6.31. The van der Waals surface area contributed by atoms with Gasteiger partial charge in [0, 0.05) is 43.2 Å². The third-order valence-electron chi connectivity index (χ3n) is 8.93. The number of piperazine rings is 1. The van der Waals surface area contributed by atoms with Gasteiger partial charge in [-0.25, -0.2) is 9.37 Å². The van der Waals surface area contributed by atoms with Gasteiger partial charge >= 0.3 is 0 Å². The third kappa shape index (κ3) is 6.61. The molecule has 8 nitrogen and oxygen atoms in total. The first-order chi connectivity index (χ1) is 20.9. The molecule has 10 heteroatoms. The molecule has 2 aliphatic rings. The number of hydrogen-bond acceptors (Lipinski definition) is 6. The Balaban J connectivity index is 1.27. The summed E-state index contributed by atoms with van der Waals surface area (Å²) in [6.07, 6.45) is 8.51. The fraction of sp³-hybridized carbons (Fsp3) is 0.455. The zero-order chi connectivity index (χ0) is 29.9. The van der Waals surface area contributed by atoms with E-state index in [4.69, 9.17) is 21.6 Å². The Labute approximate surface area is 257 Å². The summed E-state index contributed by atoms with van der Waals surface area (Å²) in [5.41, 5.74) is 3.24. The van der Waals surface area contributed by atoms with Gasteiger partial charge in [-0.2, -0.15) is 9.97 Å². The number of hydrogen-bond donors (Lipinski definition) is 1. The standard InChI is InChI=1S/C33H39ClFN7O/c1-22-19-42(23(2)18-41(22)29(43)16-13-24-7-3-4-8-24)33-38-31(36-17-25-11-14-27(35)15-12-25)30-32(39-33)40(21-37-30)20-26-9-5-6-10-28(26)34/h5-6,9-12,14-15,21-24H,3-4,7-8,13,16-20H2,1-2H3,(H,36,38,39). The van der Waals surface area contributed by atoms with E-state index < -0.39 is 0 Å². The second-order valence-electron chi connectivity index (χ2n) is 12.1. The van der Waals surface area contributed by atoms with Gasteiger partial charge in [0.2, 0.25) is 11.9 Å². The molecule has 0 radical (unpaired) electrons. The molecule has 1 aliphatic carbocycles. The van der Waals surface area contributed by atoms with Gasteiger partial charge in [0.1, 0.15) is 5.82 Å². The monoisotopic (exact) mass is 603 g/mol. The van der Waals surface area contributed by atoms with Crippen LogP contribution < -0.4 is 10.2 Å². The molecular formula is C33H39ClFN7O. The van der Waals surface area contributed by atoms with Crippen molar-refractivity contribution < 1.29 is 9.18 Å². The van der Waals surface area contributed by atoms with Crippen LogP contribution in [0.2, 0.25) is 5.02 Å². The van der Waals surface area contributed by atoms with E-state index in [1.165, 1.54) is 37.8 Å². The zero-order valence-corrected chi connectivity index (χ0v) is 25.6. The summed E-state index contributed by atoms with van der Waals surface area (Å²) in [6.45, 7) is 6.47. The SMILES string of the molecule is CC1CN(c2nc(NCc3ccc(F)cc3)c3ncn(Cc4ccccc4Cl)c3n2)C(C)CN1C(=O)CCC1CCCC1. The normalized spacial score (nSPS) is 19.3. The number of fused-ring (bicyclic) bond motifs is 1. The minimum Gasteiger partial charge on any atom is -0.364 e. The summed E-state index contributed by atoms with van der Waals surface area (Å²) in [6, 6.07) is 14.2. The molecule has 3 heterocycles. The van der Waals surface area contributed by atoms with Crippen LogP contribution in [0.25, 0.3) is 11.2 Å². The summed E-state index contributed by atoms with van der Waals surface area (Å²) >= 11 is 6.49. The van der Waals surface area contributed by atoms with Gasteiger partial charge in [-0.15, -0.1) is 0 Å². The molecule has 1 saturated heterocycles. The first-order valence-corrected chi connectivity index (χ1v) is 15.7. The molecule has 43 heavy (non-hydrogen) atoms. The van der Waals surface area contributed by atoms with E-state index in [1.807, 2.05) is 33.7 Å². The Morgan fingerprint density at radius 2 is 1.79 bits per heavy atom. The number of anilines is 2. The summed E-state index contributed by atoms with van der Waals surface area (Å²) in [4.78, 5) is 32.2. The van der Waals surface area contributed by atoms with Crippen molar-refractivity contribution in [2.75, 3.05) is 23.3 Å². The van der Waals surface area contributed by atoms with Gasteiger partial charge in [-0.1, -0.05) is 67.6 Å². The Bertz CT molecular complexity index is 1570. The Morgan fingerprint density at radius 3 is 2.56 bits per heavy atom. The molecule has 2 unspecified atom stereocenters. The molecular weight excluding hydrogens is 565 g/mol. The van der Waals surface area contributed by atoms with Crippen molar-refractivity contribution in [1.82, 2.24) is 24.4 Å². The van der Waals surface area contributed by atoms with E-state index >= 15 is 0 Å². The number of halogens is 2. The number of imidazole rings is 1. The lowest BCUT2D eigenvalue weighted by Crippen LogP contribution is -2.58. The molecule has 6 rings (SSSR count). The number of carbonyl (C=O) groups is 1. The lowest BCUT2D eigenvalue weighted by molar-refractivity contribution is -0.134. The molecule has 1 amide bonds. The second-order valence-corrected chi connectivity index (χ2v) is 12.5. The maximum absolute atomic E-state index is 13.5. The smallest absolute Gasteiger partial charge is 0.229 e. The highest BCUT2D eigenvalue weighted by Crippen LogP contribution is 2.31. The lowest BCUT2D eigenvalue weighted by Gasteiger charge is -2.44. The highest BCUT2D eigenvalue weighted by atomic mass is 35.5. The maximum Gasteiger partial charge on any atom is 0.229 e. The van der Waals surface area contributed by atoms with Crippen molar-refractivity contribution in [3.63, 3.8) is 0 Å². The molecule has 4 aromatic rings. The van der Waals surface area contributed by atoms with Crippen molar-refractivity contribution in [1.29, 1.82) is 0 Å². The minimum absolute atomic E-state index is 0.0361. The number of rotatable bonds is 9. The van der Waals surface area contributed by atoms with Gasteiger partial charge in [-0.05, 0) is 55.5 Å². The molecule has 2 atom stereocenters. The van der Waals surface area contributed by atoms with Crippen LogP contribution in [-0.4, -0.2) is 55.5 Å². The van der Waals surface area contributed by atoms with Gasteiger partial charge in [-0.3, -0.25) is 4.79 Å². The summed E-state index contributed by atoms with van der Waals surface area (Å²) in [7, 11) is 0. The number of carbonyl (C=O) groups excluding carboxylic acids is 1. The first kappa shape index (κ1) is 29.4. The number of amides is 1. The van der Waals surface area contributed by atoms with Crippen LogP contribution in [0.3, 0.4) is 0 Å². The molecule has 1 saturated carbocycles. The number of nitrogens with zero attached hydrogens (tertiary/aromatic N) is 6. The third-order valence-corrected chi connectivity index (χ3v) is 9.30. The van der Waals surface area contributed by atoms with Crippen molar-refractivity contribution in [3.8, 4) is 0 Å². The van der Waals surface area contributed by atoms with Crippen LogP contribution in [0.4, 0.5) is 16.2 Å². The number of aromatic nitrogens is 4. The molecule has 2 fully saturated rings. The average Bonchev–Trinajstić information content (AvgIpc) is 3.68. The first-order valence-electron chi connectivity index (χ1n) is 15.4. The van der Waals surface area contributed by atoms with E-state index in [1.54, 1.807) is 18.5 Å². The Morgan fingerprint density at radius 1 is 1.02 bits per heavy atom. The van der Waals surface area contributed by atoms with Gasteiger partial charge < -0.3 is 19.7 Å². The van der Waals surface area contributed by atoms with Crippen LogP contribution in [0.1, 0.15) is 63.5 Å². The second kappa shape index (κ2) is 12.9. The van der Waals surface area contributed by atoms with E-state index in [0.29, 0.717) is 66.5 Å². The summed E-state index contributed by atoms with van der Waals surface area (Å²) < 4.78 is 15.5. The van der Waals surface area contributed by atoms with Gasteiger partial charge in [0.05, 0.1) is 12.9 Å². The Hall–Kier alpha value is -3.72. The van der Waals surface area contributed by atoms with Crippen molar-refractivity contribution >= 4 is 40.4 Å². The van der Waals surface area contributed by atoms with Crippen LogP contribution in [0.5, 0.6) is 0 Å². The van der Waals surface area contributed by atoms with E-state index in [9.17, 15) is 9.18 Å². The summed E-state index contributed by atoms with van der Waals surface area (Å²) in [5, 5.41) is 4.11. The van der Waals surface area contributed by atoms with Crippen LogP contribution in [0, 0.1) is 11.7 Å². The van der Waals surface area contributed by atoms with Crippen LogP contribution in [0.15, 0.2) is 54.9 Å². The van der Waals surface area contributed by atoms with Crippen molar-refractivity contribution in [2.45, 2.75) is 77.5 Å². The highest BCUT2D eigenvalue weighted by Gasteiger charge is 2.34. The van der Waals surface area contributed by atoms with Gasteiger partial charge in [0.25, 0.3) is 0 Å². The molecule has 1 aliphatic heterocycles. The zero-order valence-electron chi connectivity index (χ0n) is 24.8. The topological polar surface area (TPSA) is 79.2 Å². The predicted octanol–water partition coefficient (Wildman–Crippen LogP) is 6.68. The molecule has 2 aromatic carbocycles. The fourth-order valence-corrected chi connectivity index (χ4v) is 6.62. The molecule has 1 N–H and O–H groups in total. The van der Waals surface area contributed by atoms with E-state index in [2.05, 4.69) is 29.0 Å². The lowest BCUT2D eigenvalue weighted by atomic mass is 10.0. The van der Waals surface area contributed by atoms with E-state index in [0.717, 1.165) is 17.5 Å². The number of nitrogens with one attached hydrogen (secondary N) is 1. The molecule has 2 aromatic heterocycles. The Kier molecular flexibility index (Phi) is 8.79.